The number of ether oxygens (including phenoxy) is 1. The van der Waals surface area contributed by atoms with Crippen molar-refractivity contribution in [1.29, 1.82) is 0 Å². The number of aryl methyl sites for hydroxylation is 3. The number of hydrogen-bond donors (Lipinski definition) is 3. The smallest absolute Gasteiger partial charge is 0.493 e. The number of nitrogens with zero attached hydrogens (tertiary/aromatic N) is 1. The van der Waals surface area contributed by atoms with Crippen molar-refractivity contribution in [3.8, 4) is 5.75 Å². The van der Waals surface area contributed by atoms with Crippen molar-refractivity contribution in [3.05, 3.63) is 58.7 Å². The van der Waals surface area contributed by atoms with Crippen molar-refractivity contribution in [2.75, 3.05) is 13.2 Å². The van der Waals surface area contributed by atoms with Crippen LogP contribution in [0.5, 0.6) is 5.75 Å². The molecule has 0 radical (unpaired) electrons. The van der Waals surface area contributed by atoms with Gasteiger partial charge in [-0.2, -0.15) is 17.9 Å². The number of guanidine groups is 1. The third kappa shape index (κ3) is 9.92. The number of nitrogens with two attached hydrogens (primary N) is 2. The second kappa shape index (κ2) is 13.8. The summed E-state index contributed by atoms with van der Waals surface area (Å²) in [6.45, 7) is 5.32. The van der Waals surface area contributed by atoms with E-state index < -0.39 is 34.2 Å². The molecule has 0 saturated heterocycles. The molecule has 2 rings (SSSR count). The van der Waals surface area contributed by atoms with Gasteiger partial charge in [0.25, 0.3) is 0 Å². The zero-order valence-electron chi connectivity index (χ0n) is 21.8. The number of benzene rings is 2. The molecule has 0 saturated carbocycles. The van der Waals surface area contributed by atoms with E-state index >= 15 is 0 Å². The number of hydrogen-bond acceptors (Lipinski definition) is 9. The minimum Gasteiger partial charge on any atom is -0.493 e. The first-order valence-corrected chi connectivity index (χ1v) is 13.1. The Morgan fingerprint density at radius 1 is 1.00 bits per heavy atom. The summed E-state index contributed by atoms with van der Waals surface area (Å²) in [6, 6.07) is 7.54. The monoisotopic (exact) mass is 590 g/mol. The van der Waals surface area contributed by atoms with Gasteiger partial charge in [-0.1, -0.05) is 29.8 Å². The average Bonchev–Trinajstić information content (AvgIpc) is 2.83. The highest BCUT2D eigenvalue weighted by Crippen LogP contribution is 2.23. The number of carbonyl (C=O) groups is 2. The Bertz CT molecular complexity index is 1310. The van der Waals surface area contributed by atoms with Gasteiger partial charge in [-0.25, -0.2) is 27.8 Å². The van der Waals surface area contributed by atoms with Crippen LogP contribution in [-0.2, 0) is 40.6 Å². The highest BCUT2D eigenvalue weighted by atomic mass is 32.2. The lowest BCUT2D eigenvalue weighted by molar-refractivity contribution is -0.286. The molecule has 0 aliphatic rings. The number of sulfonamides is 1. The number of carbonyl (C=O) groups excluding carboxylic acids is 2. The number of alkyl halides is 3. The molecule has 12 nitrogen and oxygen atoms in total. The standard InChI is InChI=1S/C24H29F3N4O8S/c1-14-11-15(2)20(16(3)12-14)40(34,35)31-19(21(32)38-39-22(33)24(25,26)27)13-17-5-7-18(8-6-17)36-9-4-10-37-30-23(28)29/h5-8,11-12,19,31H,4,9-10,13H2,1-3H3,(H4,28,29,30)/t19-/m0/s1. The van der Waals surface area contributed by atoms with E-state index in [1.165, 1.54) is 24.3 Å². The molecule has 5 N–H and O–H groups in total. The van der Waals surface area contributed by atoms with E-state index in [-0.39, 0.29) is 30.5 Å². The molecule has 2 aromatic carbocycles. The molecule has 2 aromatic rings. The fraction of sp³-hybridized carbons (Fsp3) is 0.375. The molecule has 0 aliphatic carbocycles. The molecular weight excluding hydrogens is 561 g/mol. The molecule has 0 fully saturated rings. The average molecular weight is 591 g/mol. The van der Waals surface area contributed by atoms with E-state index in [0.717, 1.165) is 5.56 Å². The Hall–Kier alpha value is -4.05. The Balaban J connectivity index is 2.18. The third-order valence-corrected chi connectivity index (χ3v) is 6.84. The normalized spacial score (nSPS) is 12.2. The van der Waals surface area contributed by atoms with Gasteiger partial charge in [0.05, 0.1) is 11.5 Å². The second-order valence-electron chi connectivity index (χ2n) is 8.57. The summed E-state index contributed by atoms with van der Waals surface area (Å²) in [5, 5.41) is 3.36. The maximum atomic E-state index is 13.2. The van der Waals surface area contributed by atoms with Crippen molar-refractivity contribution in [1.82, 2.24) is 4.72 Å². The van der Waals surface area contributed by atoms with E-state index in [1.807, 2.05) is 0 Å². The van der Waals surface area contributed by atoms with E-state index in [2.05, 4.69) is 19.7 Å². The fourth-order valence-electron chi connectivity index (χ4n) is 3.59. The zero-order chi connectivity index (χ0) is 30.1. The van der Waals surface area contributed by atoms with Gasteiger partial charge in [0, 0.05) is 6.42 Å². The molecule has 0 unspecified atom stereocenters. The van der Waals surface area contributed by atoms with Crippen molar-refractivity contribution < 1.29 is 50.5 Å². The minimum absolute atomic E-state index is 0.115. The fourth-order valence-corrected chi connectivity index (χ4v) is 5.22. The van der Waals surface area contributed by atoms with E-state index in [9.17, 15) is 31.2 Å². The summed E-state index contributed by atoms with van der Waals surface area (Å²) in [5.41, 5.74) is 12.2. The van der Waals surface area contributed by atoms with Crippen molar-refractivity contribution in [2.24, 2.45) is 16.6 Å². The number of oxime groups is 1. The molecule has 0 spiro atoms. The Morgan fingerprint density at radius 2 is 1.60 bits per heavy atom. The molecule has 16 heteroatoms. The summed E-state index contributed by atoms with van der Waals surface area (Å²) in [5.74, 6) is -4.14. The highest BCUT2D eigenvalue weighted by Gasteiger charge is 2.43. The SMILES string of the molecule is Cc1cc(C)c(S(=O)(=O)N[C@@H](Cc2ccc(OCCCON=C(N)N)cc2)C(=O)OOC(=O)C(F)(F)F)c(C)c1. The Kier molecular flexibility index (Phi) is 11.1. The maximum absolute atomic E-state index is 13.2. The van der Waals surface area contributed by atoms with Gasteiger partial charge in [0.15, 0.2) is 0 Å². The first-order chi connectivity index (χ1) is 18.6. The summed E-state index contributed by atoms with van der Waals surface area (Å²) < 4.78 is 71.5. The van der Waals surface area contributed by atoms with Crippen LogP contribution in [0.1, 0.15) is 28.7 Å². The van der Waals surface area contributed by atoms with Crippen molar-refractivity contribution in [2.45, 2.75) is 50.7 Å². The summed E-state index contributed by atoms with van der Waals surface area (Å²) in [6.07, 6.45) is -5.35. The maximum Gasteiger partial charge on any atom is 0.495 e. The van der Waals surface area contributed by atoms with Crippen LogP contribution in [0.2, 0.25) is 0 Å². The van der Waals surface area contributed by atoms with Gasteiger partial charge in [-0.15, -0.1) is 0 Å². The van der Waals surface area contributed by atoms with Crippen LogP contribution in [0.25, 0.3) is 0 Å². The molecule has 0 aliphatic heterocycles. The van der Waals surface area contributed by atoms with Crippen LogP contribution >= 0.6 is 0 Å². The summed E-state index contributed by atoms with van der Waals surface area (Å²) in [4.78, 5) is 35.9. The molecule has 1 atom stereocenters. The first kappa shape index (κ1) is 32.2. The minimum atomic E-state index is -5.43. The third-order valence-electron chi connectivity index (χ3n) is 5.07. The molecule has 0 heterocycles. The van der Waals surface area contributed by atoms with E-state index in [1.54, 1.807) is 32.9 Å². The van der Waals surface area contributed by atoms with Gasteiger partial charge in [0.2, 0.25) is 16.0 Å². The number of nitrogens with one attached hydrogen (secondary N) is 1. The topological polar surface area (TPSA) is 182 Å². The largest absolute Gasteiger partial charge is 0.495 e. The van der Waals surface area contributed by atoms with Crippen LogP contribution in [0.15, 0.2) is 46.4 Å². The zero-order valence-corrected chi connectivity index (χ0v) is 22.6. The first-order valence-electron chi connectivity index (χ1n) is 11.6. The van der Waals surface area contributed by atoms with Gasteiger partial charge in [0.1, 0.15) is 18.4 Å². The van der Waals surface area contributed by atoms with Crippen LogP contribution < -0.4 is 20.9 Å². The van der Waals surface area contributed by atoms with E-state index in [4.69, 9.17) is 21.0 Å². The van der Waals surface area contributed by atoms with Gasteiger partial charge >= 0.3 is 18.1 Å². The molecule has 0 aromatic heterocycles. The molecule has 0 amide bonds. The lowest BCUT2D eigenvalue weighted by Crippen LogP contribution is -2.44. The summed E-state index contributed by atoms with van der Waals surface area (Å²) >= 11 is 0. The lowest BCUT2D eigenvalue weighted by atomic mass is 10.1. The van der Waals surface area contributed by atoms with E-state index in [0.29, 0.717) is 28.9 Å². The lowest BCUT2D eigenvalue weighted by Gasteiger charge is -2.19. The predicted octanol–water partition coefficient (Wildman–Crippen LogP) is 2.04. The Labute approximate surface area is 228 Å². The van der Waals surface area contributed by atoms with Gasteiger partial charge in [-0.05, 0) is 61.2 Å². The Morgan fingerprint density at radius 3 is 2.15 bits per heavy atom. The molecule has 220 valence electrons. The quantitative estimate of drug-likeness (QED) is 0.109. The molecule has 40 heavy (non-hydrogen) atoms. The van der Waals surface area contributed by atoms with Crippen LogP contribution in [0, 0.1) is 20.8 Å². The number of halogens is 3. The van der Waals surface area contributed by atoms with Crippen LogP contribution in [-0.4, -0.2) is 51.7 Å². The van der Waals surface area contributed by atoms with Crippen LogP contribution in [0.4, 0.5) is 13.2 Å². The number of rotatable bonds is 12. The highest BCUT2D eigenvalue weighted by molar-refractivity contribution is 7.89. The molecular formula is C24H29F3N4O8S. The second-order valence-corrected chi connectivity index (χ2v) is 10.2. The predicted molar refractivity (Wildman–Crippen MR) is 135 cm³/mol. The van der Waals surface area contributed by atoms with Gasteiger partial charge in [-0.3, -0.25) is 0 Å². The van der Waals surface area contributed by atoms with Crippen molar-refractivity contribution >= 4 is 27.9 Å². The van der Waals surface area contributed by atoms with Gasteiger partial charge < -0.3 is 21.0 Å². The summed E-state index contributed by atoms with van der Waals surface area (Å²) in [7, 11) is -4.38. The van der Waals surface area contributed by atoms with Crippen LogP contribution in [0.3, 0.4) is 0 Å². The molecule has 0 bridgehead atoms. The van der Waals surface area contributed by atoms with Crippen molar-refractivity contribution in [3.63, 3.8) is 0 Å².